The van der Waals surface area contributed by atoms with Crippen molar-refractivity contribution in [2.75, 3.05) is 11.9 Å². The fraction of sp³-hybridized carbons (Fsp3) is 0.583. The lowest BCUT2D eigenvalue weighted by Gasteiger charge is -2.26. The van der Waals surface area contributed by atoms with Crippen molar-refractivity contribution < 1.29 is 0 Å². The Hall–Kier alpha value is -1.43. The van der Waals surface area contributed by atoms with Gasteiger partial charge in [0.2, 0.25) is 0 Å². The van der Waals surface area contributed by atoms with Crippen molar-refractivity contribution in [3.8, 4) is 0 Å². The zero-order chi connectivity index (χ0) is 13.9. The maximum absolute atomic E-state index is 11.6. The summed E-state index contributed by atoms with van der Waals surface area (Å²) in [6.45, 7) is 5.97. The molecule has 0 radical (unpaired) electrons. The number of hydrogen-bond acceptors (Lipinski definition) is 4. The molecule has 5 nitrogen and oxygen atoms in total. The summed E-state index contributed by atoms with van der Waals surface area (Å²) in [5, 5.41) is 0. The van der Waals surface area contributed by atoms with Crippen LogP contribution in [0.2, 0.25) is 0 Å². The molecular weight excluding hydrogens is 248 g/mol. The number of aromatic nitrogens is 2. The molecule has 100 valence electrons. The lowest BCUT2D eigenvalue weighted by molar-refractivity contribution is 0.689. The van der Waals surface area contributed by atoms with Crippen molar-refractivity contribution in [2.24, 2.45) is 5.73 Å². The number of nitrogens with one attached hydrogen (secondary N) is 1. The first kappa shape index (κ1) is 14.6. The molecule has 0 saturated carbocycles. The van der Waals surface area contributed by atoms with Crippen molar-refractivity contribution in [3.05, 3.63) is 22.2 Å². The summed E-state index contributed by atoms with van der Waals surface area (Å²) in [6.07, 6.45) is 0.595. The van der Waals surface area contributed by atoms with E-state index in [1.807, 2.05) is 32.7 Å². The topological polar surface area (TPSA) is 75.0 Å². The summed E-state index contributed by atoms with van der Waals surface area (Å²) in [6, 6.07) is 1.60. The van der Waals surface area contributed by atoms with Crippen LogP contribution < -0.4 is 16.2 Å². The second kappa shape index (κ2) is 5.95. The highest BCUT2D eigenvalue weighted by atomic mass is 32.1. The Morgan fingerprint density at radius 2 is 2.17 bits per heavy atom. The number of hydrogen-bond donors (Lipinski definition) is 2. The number of H-pyrrole nitrogens is 1. The van der Waals surface area contributed by atoms with Crippen LogP contribution in [0.5, 0.6) is 0 Å². The second-order valence-corrected chi connectivity index (χ2v) is 5.30. The summed E-state index contributed by atoms with van der Waals surface area (Å²) >= 11 is 4.90. The Bertz CT molecular complexity index is 483. The SMILES string of the molecule is CC(C)c1nc(N(C)C(C)CC(N)=S)cc(=O)[nH]1. The lowest BCUT2D eigenvalue weighted by Crippen LogP contribution is -2.34. The fourth-order valence-corrected chi connectivity index (χ4v) is 1.81. The molecule has 0 bridgehead atoms. The largest absolute Gasteiger partial charge is 0.393 e. The quantitative estimate of drug-likeness (QED) is 0.789. The van der Waals surface area contributed by atoms with Crippen LogP contribution in [-0.2, 0) is 0 Å². The van der Waals surface area contributed by atoms with Gasteiger partial charge in [-0.05, 0) is 6.92 Å². The maximum atomic E-state index is 11.6. The van der Waals surface area contributed by atoms with Gasteiger partial charge in [-0.3, -0.25) is 4.79 Å². The van der Waals surface area contributed by atoms with Gasteiger partial charge in [0.25, 0.3) is 5.56 Å². The van der Waals surface area contributed by atoms with Crippen LogP contribution in [0.1, 0.15) is 38.9 Å². The third kappa shape index (κ3) is 3.80. The molecule has 1 aromatic rings. The van der Waals surface area contributed by atoms with Crippen molar-refractivity contribution in [2.45, 2.75) is 39.2 Å². The van der Waals surface area contributed by atoms with E-state index in [0.717, 1.165) is 0 Å². The summed E-state index contributed by atoms with van der Waals surface area (Å²) in [5.74, 6) is 1.51. The zero-order valence-corrected chi connectivity index (χ0v) is 12.0. The van der Waals surface area contributed by atoms with Crippen molar-refractivity contribution in [1.82, 2.24) is 9.97 Å². The summed E-state index contributed by atoms with van der Waals surface area (Å²) < 4.78 is 0. The molecule has 0 aliphatic rings. The molecule has 0 fully saturated rings. The zero-order valence-electron chi connectivity index (χ0n) is 11.2. The van der Waals surface area contributed by atoms with E-state index < -0.39 is 0 Å². The Balaban J connectivity index is 3.01. The molecule has 1 rings (SSSR count). The highest BCUT2D eigenvalue weighted by molar-refractivity contribution is 7.80. The third-order valence-corrected chi connectivity index (χ3v) is 2.98. The highest BCUT2D eigenvalue weighted by Gasteiger charge is 2.14. The fourth-order valence-electron chi connectivity index (χ4n) is 1.57. The van der Waals surface area contributed by atoms with Gasteiger partial charge in [0.15, 0.2) is 0 Å². The minimum Gasteiger partial charge on any atom is -0.393 e. The number of nitrogens with two attached hydrogens (primary N) is 1. The molecule has 0 spiro atoms. The molecule has 6 heteroatoms. The first-order chi connectivity index (χ1) is 8.31. The highest BCUT2D eigenvalue weighted by Crippen LogP contribution is 2.15. The van der Waals surface area contributed by atoms with Gasteiger partial charge in [-0.2, -0.15) is 0 Å². The van der Waals surface area contributed by atoms with E-state index in [1.54, 1.807) is 0 Å². The Kier molecular flexibility index (Phi) is 4.84. The molecular formula is C12H20N4OS. The first-order valence-corrected chi connectivity index (χ1v) is 6.34. The molecule has 1 atom stereocenters. The Labute approximate surface area is 112 Å². The van der Waals surface area contributed by atoms with Gasteiger partial charge in [-0.15, -0.1) is 0 Å². The molecule has 0 aliphatic carbocycles. The maximum Gasteiger partial charge on any atom is 0.252 e. The molecule has 1 unspecified atom stereocenters. The van der Waals surface area contributed by atoms with Gasteiger partial charge in [-0.25, -0.2) is 4.98 Å². The predicted molar refractivity (Wildman–Crippen MR) is 78.2 cm³/mol. The first-order valence-electron chi connectivity index (χ1n) is 5.93. The van der Waals surface area contributed by atoms with E-state index in [0.29, 0.717) is 23.1 Å². The van der Waals surface area contributed by atoms with Gasteiger partial charge in [-0.1, -0.05) is 26.1 Å². The molecule has 0 aliphatic heterocycles. The monoisotopic (exact) mass is 268 g/mol. The van der Waals surface area contributed by atoms with Gasteiger partial charge < -0.3 is 15.6 Å². The molecule has 0 saturated heterocycles. The number of aromatic amines is 1. The average molecular weight is 268 g/mol. The third-order valence-electron chi connectivity index (χ3n) is 2.81. The number of nitrogens with zero attached hydrogens (tertiary/aromatic N) is 2. The van der Waals surface area contributed by atoms with E-state index in [4.69, 9.17) is 18.0 Å². The van der Waals surface area contributed by atoms with Crippen LogP contribution in [0.25, 0.3) is 0 Å². The van der Waals surface area contributed by atoms with Crippen molar-refractivity contribution in [1.29, 1.82) is 0 Å². The van der Waals surface area contributed by atoms with Crippen LogP contribution in [0.15, 0.2) is 10.9 Å². The Morgan fingerprint density at radius 1 is 1.56 bits per heavy atom. The van der Waals surface area contributed by atoms with Crippen LogP contribution in [0.3, 0.4) is 0 Å². The van der Waals surface area contributed by atoms with E-state index in [2.05, 4.69) is 9.97 Å². The second-order valence-electron chi connectivity index (χ2n) is 4.77. The summed E-state index contributed by atoms with van der Waals surface area (Å²) in [7, 11) is 1.88. The molecule has 3 N–H and O–H groups in total. The number of anilines is 1. The van der Waals surface area contributed by atoms with Crippen molar-refractivity contribution >= 4 is 23.0 Å². The van der Waals surface area contributed by atoms with E-state index >= 15 is 0 Å². The smallest absolute Gasteiger partial charge is 0.252 e. The molecule has 18 heavy (non-hydrogen) atoms. The van der Waals surface area contributed by atoms with E-state index in [9.17, 15) is 4.79 Å². The minimum absolute atomic E-state index is 0.108. The van der Waals surface area contributed by atoms with Gasteiger partial charge in [0.05, 0.1) is 4.99 Å². The standard InChI is InChI=1S/C12H20N4OS/c1-7(2)12-14-10(6-11(17)15-12)16(4)8(3)5-9(13)18/h6-8H,5H2,1-4H3,(H2,13,18)(H,14,15,17). The molecule has 1 heterocycles. The van der Waals surface area contributed by atoms with Crippen molar-refractivity contribution in [3.63, 3.8) is 0 Å². The molecule has 1 aromatic heterocycles. The lowest BCUT2D eigenvalue weighted by atomic mass is 10.2. The van der Waals surface area contributed by atoms with Gasteiger partial charge in [0.1, 0.15) is 11.6 Å². The van der Waals surface area contributed by atoms with Gasteiger partial charge in [0, 0.05) is 31.5 Å². The predicted octanol–water partition coefficient (Wildman–Crippen LogP) is 1.39. The summed E-state index contributed by atoms with van der Waals surface area (Å²) in [5.41, 5.74) is 5.39. The average Bonchev–Trinajstić information content (AvgIpc) is 2.26. The van der Waals surface area contributed by atoms with Crippen LogP contribution in [-0.4, -0.2) is 28.0 Å². The number of rotatable bonds is 5. The minimum atomic E-state index is -0.141. The summed E-state index contributed by atoms with van der Waals surface area (Å²) in [4.78, 5) is 21.2. The molecule has 0 aromatic carbocycles. The van der Waals surface area contributed by atoms with E-state index in [1.165, 1.54) is 6.07 Å². The molecule has 0 amide bonds. The van der Waals surface area contributed by atoms with Crippen LogP contribution >= 0.6 is 12.2 Å². The normalized spacial score (nSPS) is 12.5. The number of thiocarbonyl (C=S) groups is 1. The Morgan fingerprint density at radius 3 is 2.67 bits per heavy atom. The van der Waals surface area contributed by atoms with Crippen LogP contribution in [0, 0.1) is 0 Å². The van der Waals surface area contributed by atoms with E-state index in [-0.39, 0.29) is 17.5 Å². The van der Waals surface area contributed by atoms with Gasteiger partial charge >= 0.3 is 0 Å². The van der Waals surface area contributed by atoms with Crippen LogP contribution in [0.4, 0.5) is 5.82 Å².